The van der Waals surface area contributed by atoms with Gasteiger partial charge in [-0.05, 0) is 67.3 Å². The number of pyridine rings is 1. The first-order valence-corrected chi connectivity index (χ1v) is 13.0. The number of anilines is 1. The molecule has 0 spiro atoms. The standard InChI is InChI=1S/C29H34N6/c1-21-18-34(28-7-6-24(16-30)29-27(28)3-2-10-32-29)20-26-9-12-33(13-14-35(21)26)19-22-4-5-25-17-31-11-8-23(25)15-22/h2-7,10,15,21,26,31H,8-9,11-14,17-20H2,1H3/t21-,26+/m1/s1. The molecule has 2 fully saturated rings. The highest BCUT2D eigenvalue weighted by Crippen LogP contribution is 2.32. The van der Waals surface area contributed by atoms with Gasteiger partial charge in [-0.2, -0.15) is 5.26 Å². The van der Waals surface area contributed by atoms with Crippen molar-refractivity contribution in [3.8, 4) is 6.07 Å². The molecular weight excluding hydrogens is 432 g/mol. The summed E-state index contributed by atoms with van der Waals surface area (Å²) in [7, 11) is 0. The van der Waals surface area contributed by atoms with Crippen molar-refractivity contribution < 1.29 is 0 Å². The summed E-state index contributed by atoms with van der Waals surface area (Å²) in [6, 6.07) is 18.6. The predicted molar refractivity (Wildman–Crippen MR) is 140 cm³/mol. The molecule has 6 heteroatoms. The Balaban J connectivity index is 1.18. The number of rotatable bonds is 3. The molecule has 3 aromatic rings. The molecule has 2 aromatic carbocycles. The van der Waals surface area contributed by atoms with Gasteiger partial charge in [0.1, 0.15) is 6.07 Å². The summed E-state index contributed by atoms with van der Waals surface area (Å²) in [5, 5.41) is 14.1. The van der Waals surface area contributed by atoms with Crippen LogP contribution < -0.4 is 10.2 Å². The van der Waals surface area contributed by atoms with Gasteiger partial charge in [0.25, 0.3) is 0 Å². The number of hydrogen-bond acceptors (Lipinski definition) is 6. The second kappa shape index (κ2) is 9.58. The summed E-state index contributed by atoms with van der Waals surface area (Å²) in [5.41, 5.74) is 7.13. The van der Waals surface area contributed by atoms with Crippen molar-refractivity contribution in [3.63, 3.8) is 0 Å². The average Bonchev–Trinajstić information content (AvgIpc) is 3.10. The van der Waals surface area contributed by atoms with Crippen molar-refractivity contribution in [1.29, 1.82) is 5.26 Å². The Hall–Kier alpha value is -2.98. The van der Waals surface area contributed by atoms with E-state index in [1.807, 2.05) is 12.1 Å². The Morgan fingerprint density at radius 3 is 2.94 bits per heavy atom. The molecule has 2 atom stereocenters. The molecule has 0 aliphatic carbocycles. The van der Waals surface area contributed by atoms with E-state index in [0.29, 0.717) is 17.6 Å². The minimum atomic E-state index is 0.493. The zero-order valence-electron chi connectivity index (χ0n) is 20.6. The van der Waals surface area contributed by atoms with E-state index < -0.39 is 0 Å². The van der Waals surface area contributed by atoms with Crippen LogP contribution in [0.3, 0.4) is 0 Å². The zero-order valence-corrected chi connectivity index (χ0v) is 20.6. The van der Waals surface area contributed by atoms with Gasteiger partial charge in [-0.15, -0.1) is 0 Å². The molecule has 0 saturated carbocycles. The van der Waals surface area contributed by atoms with Gasteiger partial charge in [0.15, 0.2) is 0 Å². The summed E-state index contributed by atoms with van der Waals surface area (Å²) in [4.78, 5) is 12.4. The van der Waals surface area contributed by atoms with Crippen LogP contribution in [0.1, 0.15) is 35.6 Å². The first kappa shape index (κ1) is 22.5. The lowest BCUT2D eigenvalue weighted by atomic mass is 9.98. The number of aromatic nitrogens is 1. The van der Waals surface area contributed by atoms with Gasteiger partial charge in [-0.1, -0.05) is 18.2 Å². The molecule has 1 aromatic heterocycles. The largest absolute Gasteiger partial charge is 0.368 e. The molecule has 3 aliphatic rings. The maximum atomic E-state index is 9.54. The zero-order chi connectivity index (χ0) is 23.8. The third-order valence-corrected chi connectivity index (χ3v) is 8.18. The van der Waals surface area contributed by atoms with E-state index in [0.717, 1.165) is 69.7 Å². The second-order valence-electron chi connectivity index (χ2n) is 10.4. The van der Waals surface area contributed by atoms with Gasteiger partial charge in [0.2, 0.25) is 0 Å². The van der Waals surface area contributed by atoms with Crippen LogP contribution >= 0.6 is 0 Å². The molecule has 0 radical (unpaired) electrons. The van der Waals surface area contributed by atoms with Crippen molar-refractivity contribution in [3.05, 3.63) is 70.9 Å². The van der Waals surface area contributed by atoms with Gasteiger partial charge >= 0.3 is 0 Å². The lowest BCUT2D eigenvalue weighted by Crippen LogP contribution is -2.58. The summed E-state index contributed by atoms with van der Waals surface area (Å²) < 4.78 is 0. The molecule has 0 unspecified atom stereocenters. The third-order valence-electron chi connectivity index (χ3n) is 8.18. The molecule has 6 rings (SSSR count). The topological polar surface area (TPSA) is 58.4 Å². The predicted octanol–water partition coefficient (Wildman–Crippen LogP) is 3.54. The number of fused-ring (bicyclic) bond motifs is 3. The van der Waals surface area contributed by atoms with Crippen LogP contribution in [-0.4, -0.2) is 66.1 Å². The second-order valence-corrected chi connectivity index (χ2v) is 10.4. The summed E-state index contributed by atoms with van der Waals surface area (Å²) in [5.74, 6) is 0. The van der Waals surface area contributed by atoms with E-state index in [1.54, 1.807) is 6.20 Å². The Labute approximate surface area is 208 Å². The Bertz CT molecular complexity index is 1260. The maximum Gasteiger partial charge on any atom is 0.101 e. The molecule has 6 nitrogen and oxygen atoms in total. The van der Waals surface area contributed by atoms with Gasteiger partial charge in [0, 0.05) is 75.2 Å². The number of benzene rings is 2. The first-order valence-electron chi connectivity index (χ1n) is 13.0. The number of nitriles is 1. The molecule has 2 saturated heterocycles. The lowest BCUT2D eigenvalue weighted by Gasteiger charge is -2.46. The fourth-order valence-corrected chi connectivity index (χ4v) is 6.34. The summed E-state index contributed by atoms with van der Waals surface area (Å²) in [6.45, 7) is 10.9. The molecule has 3 aliphatic heterocycles. The Morgan fingerprint density at radius 1 is 1.09 bits per heavy atom. The van der Waals surface area contributed by atoms with E-state index in [4.69, 9.17) is 0 Å². The highest BCUT2D eigenvalue weighted by molar-refractivity contribution is 5.95. The van der Waals surface area contributed by atoms with Gasteiger partial charge in [-0.3, -0.25) is 14.8 Å². The lowest BCUT2D eigenvalue weighted by molar-refractivity contribution is 0.127. The van der Waals surface area contributed by atoms with Crippen molar-refractivity contribution >= 4 is 16.6 Å². The van der Waals surface area contributed by atoms with Crippen LogP contribution in [0.5, 0.6) is 0 Å². The number of piperazine rings is 1. The van der Waals surface area contributed by atoms with Crippen LogP contribution in [-0.2, 0) is 19.5 Å². The number of nitrogens with zero attached hydrogens (tertiary/aromatic N) is 5. The van der Waals surface area contributed by atoms with Crippen molar-refractivity contribution in [2.24, 2.45) is 0 Å². The smallest absolute Gasteiger partial charge is 0.101 e. The monoisotopic (exact) mass is 466 g/mol. The third kappa shape index (κ3) is 4.40. The molecule has 1 N–H and O–H groups in total. The number of nitrogens with one attached hydrogen (secondary N) is 1. The van der Waals surface area contributed by atoms with Crippen LogP contribution in [0.15, 0.2) is 48.7 Å². The van der Waals surface area contributed by atoms with E-state index in [-0.39, 0.29) is 0 Å². The van der Waals surface area contributed by atoms with Crippen molar-refractivity contribution in [2.75, 3.05) is 44.2 Å². The molecular formula is C29H34N6. The van der Waals surface area contributed by atoms with E-state index >= 15 is 0 Å². The van der Waals surface area contributed by atoms with Crippen molar-refractivity contribution in [1.82, 2.24) is 20.1 Å². The van der Waals surface area contributed by atoms with Crippen LogP contribution in [0.4, 0.5) is 5.69 Å². The fraction of sp³-hybridized carbons (Fsp3) is 0.448. The summed E-state index contributed by atoms with van der Waals surface area (Å²) >= 11 is 0. The minimum Gasteiger partial charge on any atom is -0.368 e. The SMILES string of the molecule is C[C@@H]1CN(c2ccc(C#N)c3ncccc23)C[C@@H]2CCN(Cc3ccc4c(c3)CCNC4)CCN21. The van der Waals surface area contributed by atoms with E-state index in [1.165, 1.54) is 28.8 Å². The van der Waals surface area contributed by atoms with Gasteiger partial charge in [-0.25, -0.2) is 0 Å². The fourth-order valence-electron chi connectivity index (χ4n) is 6.34. The minimum absolute atomic E-state index is 0.493. The van der Waals surface area contributed by atoms with E-state index in [2.05, 4.69) is 68.3 Å². The first-order chi connectivity index (χ1) is 17.2. The Kier molecular flexibility index (Phi) is 6.15. The summed E-state index contributed by atoms with van der Waals surface area (Å²) in [6.07, 6.45) is 4.11. The number of hydrogen-bond donors (Lipinski definition) is 1. The van der Waals surface area contributed by atoms with E-state index in [9.17, 15) is 5.26 Å². The molecule has 0 bridgehead atoms. The Morgan fingerprint density at radius 2 is 2.03 bits per heavy atom. The van der Waals surface area contributed by atoms with Crippen LogP contribution in [0.2, 0.25) is 0 Å². The maximum absolute atomic E-state index is 9.54. The molecule has 0 amide bonds. The highest BCUT2D eigenvalue weighted by Gasteiger charge is 2.34. The highest BCUT2D eigenvalue weighted by atomic mass is 15.3. The normalized spacial score (nSPS) is 23.4. The quantitative estimate of drug-likeness (QED) is 0.637. The van der Waals surface area contributed by atoms with Gasteiger partial charge < -0.3 is 10.2 Å². The molecule has 180 valence electrons. The van der Waals surface area contributed by atoms with Gasteiger partial charge in [0.05, 0.1) is 11.1 Å². The van der Waals surface area contributed by atoms with Crippen molar-refractivity contribution in [2.45, 2.75) is 44.9 Å². The molecule has 4 heterocycles. The average molecular weight is 467 g/mol. The molecule has 35 heavy (non-hydrogen) atoms. The van der Waals surface area contributed by atoms with Crippen LogP contribution in [0, 0.1) is 11.3 Å². The van der Waals surface area contributed by atoms with Crippen LogP contribution in [0.25, 0.3) is 10.9 Å².